The molecular weight excluding hydrogens is 218 g/mol. The van der Waals surface area contributed by atoms with E-state index in [1.807, 2.05) is 34.6 Å². The Labute approximate surface area is 104 Å². The Balaban J connectivity index is 3.91. The molecule has 0 saturated heterocycles. The normalized spacial score (nSPS) is 13.6. The van der Waals surface area contributed by atoms with Crippen molar-refractivity contribution < 1.29 is 14.3 Å². The fourth-order valence-electron chi connectivity index (χ4n) is 1.26. The van der Waals surface area contributed by atoms with Gasteiger partial charge in [0.25, 0.3) is 0 Å². The summed E-state index contributed by atoms with van der Waals surface area (Å²) in [7, 11) is 0. The van der Waals surface area contributed by atoms with Crippen LogP contribution in [0.5, 0.6) is 0 Å². The third kappa shape index (κ3) is 8.86. The summed E-state index contributed by atoms with van der Waals surface area (Å²) in [5, 5.41) is 0. The first kappa shape index (κ1) is 16.1. The molecule has 0 heterocycles. The summed E-state index contributed by atoms with van der Waals surface area (Å²) in [5.41, 5.74) is 5.64. The van der Waals surface area contributed by atoms with Crippen molar-refractivity contribution in [3.8, 4) is 0 Å². The van der Waals surface area contributed by atoms with Crippen LogP contribution in [0.2, 0.25) is 0 Å². The average molecular weight is 243 g/mol. The number of carbonyl (C=O) groups excluding carboxylic acids is 2. The largest absolute Gasteiger partial charge is 0.393 e. The zero-order valence-corrected chi connectivity index (χ0v) is 11.6. The van der Waals surface area contributed by atoms with Gasteiger partial charge >= 0.3 is 11.9 Å². The van der Waals surface area contributed by atoms with Gasteiger partial charge < -0.3 is 10.5 Å². The molecule has 0 aliphatic carbocycles. The molecule has 0 spiro atoms. The lowest BCUT2D eigenvalue weighted by Gasteiger charge is -2.17. The van der Waals surface area contributed by atoms with E-state index in [1.165, 1.54) is 0 Å². The highest BCUT2D eigenvalue weighted by molar-refractivity contribution is 5.85. The minimum absolute atomic E-state index is 0.0275. The molecule has 4 heteroatoms. The van der Waals surface area contributed by atoms with Gasteiger partial charge in [-0.2, -0.15) is 0 Å². The number of hydrogen-bond donors (Lipinski definition) is 1. The van der Waals surface area contributed by atoms with Crippen molar-refractivity contribution in [1.29, 1.82) is 0 Å². The Morgan fingerprint density at radius 3 is 2.12 bits per heavy atom. The fourth-order valence-corrected chi connectivity index (χ4v) is 1.26. The topological polar surface area (TPSA) is 69.4 Å². The zero-order chi connectivity index (χ0) is 13.6. The van der Waals surface area contributed by atoms with Gasteiger partial charge in [0.2, 0.25) is 0 Å². The van der Waals surface area contributed by atoms with Crippen LogP contribution in [0.3, 0.4) is 0 Å². The molecule has 100 valence electrons. The minimum Gasteiger partial charge on any atom is -0.393 e. The number of carbonyl (C=O) groups is 2. The van der Waals surface area contributed by atoms with E-state index in [4.69, 9.17) is 10.5 Å². The van der Waals surface area contributed by atoms with Gasteiger partial charge in [-0.25, -0.2) is 0 Å². The minimum atomic E-state index is -0.477. The van der Waals surface area contributed by atoms with Crippen LogP contribution in [-0.2, 0) is 14.3 Å². The third-order valence-electron chi connectivity index (χ3n) is 2.44. The Kier molecular flexibility index (Phi) is 6.39. The molecule has 0 radical (unpaired) electrons. The molecule has 0 amide bonds. The number of esters is 2. The Hall–Kier alpha value is -0.900. The lowest BCUT2D eigenvalue weighted by Crippen LogP contribution is -2.28. The van der Waals surface area contributed by atoms with Crippen molar-refractivity contribution in [2.75, 3.05) is 0 Å². The smallest absolute Gasteiger partial charge is 0.313 e. The van der Waals surface area contributed by atoms with E-state index in [1.54, 1.807) is 0 Å². The Morgan fingerprint density at radius 2 is 1.71 bits per heavy atom. The Morgan fingerprint density at radius 1 is 1.18 bits per heavy atom. The number of hydrogen-bond acceptors (Lipinski definition) is 4. The van der Waals surface area contributed by atoms with E-state index in [-0.39, 0.29) is 24.3 Å². The predicted molar refractivity (Wildman–Crippen MR) is 67.2 cm³/mol. The lowest BCUT2D eigenvalue weighted by molar-refractivity contribution is -0.160. The van der Waals surface area contributed by atoms with Crippen molar-refractivity contribution in [2.45, 2.75) is 59.9 Å². The number of nitrogens with two attached hydrogens (primary N) is 1. The van der Waals surface area contributed by atoms with E-state index in [0.717, 1.165) is 0 Å². The van der Waals surface area contributed by atoms with Crippen LogP contribution < -0.4 is 5.73 Å². The molecule has 17 heavy (non-hydrogen) atoms. The first-order valence-electron chi connectivity index (χ1n) is 6.11. The SMILES string of the molecule is CC(C)[C@@H](N)CCC(=O)OC(=O)CC(C)(C)C. The molecule has 1 atom stereocenters. The summed E-state index contributed by atoms with van der Waals surface area (Å²) >= 11 is 0. The van der Waals surface area contributed by atoms with Crippen LogP contribution in [0.1, 0.15) is 53.9 Å². The monoisotopic (exact) mass is 243 g/mol. The molecule has 4 nitrogen and oxygen atoms in total. The Bertz CT molecular complexity index is 266. The number of ether oxygens (including phenoxy) is 1. The molecule has 0 aromatic heterocycles. The van der Waals surface area contributed by atoms with Gasteiger partial charge in [-0.05, 0) is 17.8 Å². The van der Waals surface area contributed by atoms with E-state index in [0.29, 0.717) is 12.3 Å². The van der Waals surface area contributed by atoms with Crippen LogP contribution in [0.25, 0.3) is 0 Å². The van der Waals surface area contributed by atoms with Gasteiger partial charge in [0.05, 0.1) is 6.42 Å². The molecular formula is C13H25NO3. The van der Waals surface area contributed by atoms with Crippen molar-refractivity contribution in [1.82, 2.24) is 0 Å². The second-order valence-electron chi connectivity index (χ2n) is 6.03. The second-order valence-corrected chi connectivity index (χ2v) is 6.03. The fraction of sp³-hybridized carbons (Fsp3) is 0.846. The summed E-state index contributed by atoms with van der Waals surface area (Å²) in [6, 6.07) is -0.0275. The molecule has 0 fully saturated rings. The highest BCUT2D eigenvalue weighted by Crippen LogP contribution is 2.19. The van der Waals surface area contributed by atoms with E-state index in [9.17, 15) is 9.59 Å². The van der Waals surface area contributed by atoms with Crippen LogP contribution in [0.4, 0.5) is 0 Å². The summed E-state index contributed by atoms with van der Waals surface area (Å²) in [4.78, 5) is 22.7. The quantitative estimate of drug-likeness (QED) is 0.594. The molecule has 0 rings (SSSR count). The van der Waals surface area contributed by atoms with Gasteiger partial charge in [-0.3, -0.25) is 9.59 Å². The van der Waals surface area contributed by atoms with Crippen LogP contribution >= 0.6 is 0 Å². The van der Waals surface area contributed by atoms with Crippen molar-refractivity contribution >= 4 is 11.9 Å². The third-order valence-corrected chi connectivity index (χ3v) is 2.44. The standard InChI is InChI=1S/C13H25NO3/c1-9(2)10(14)6-7-11(15)17-12(16)8-13(3,4)5/h9-10H,6-8,14H2,1-5H3/t10-/m0/s1. The van der Waals surface area contributed by atoms with Gasteiger partial charge in [0, 0.05) is 12.5 Å². The van der Waals surface area contributed by atoms with Crippen molar-refractivity contribution in [2.24, 2.45) is 17.1 Å². The van der Waals surface area contributed by atoms with Crippen LogP contribution in [-0.4, -0.2) is 18.0 Å². The van der Waals surface area contributed by atoms with Crippen LogP contribution in [0, 0.1) is 11.3 Å². The summed E-state index contributed by atoms with van der Waals surface area (Å²) in [6.45, 7) is 9.77. The van der Waals surface area contributed by atoms with E-state index >= 15 is 0 Å². The lowest BCUT2D eigenvalue weighted by atomic mass is 9.92. The number of rotatable bonds is 5. The van der Waals surface area contributed by atoms with Crippen LogP contribution in [0.15, 0.2) is 0 Å². The summed E-state index contributed by atoms with van der Waals surface area (Å²) < 4.78 is 4.72. The van der Waals surface area contributed by atoms with Crippen molar-refractivity contribution in [3.05, 3.63) is 0 Å². The first-order valence-corrected chi connectivity index (χ1v) is 6.11. The van der Waals surface area contributed by atoms with Gasteiger partial charge in [-0.15, -0.1) is 0 Å². The second kappa shape index (κ2) is 6.74. The molecule has 0 unspecified atom stereocenters. The maximum absolute atomic E-state index is 11.4. The first-order chi connectivity index (χ1) is 7.61. The van der Waals surface area contributed by atoms with E-state index in [2.05, 4.69) is 0 Å². The predicted octanol–water partition coefficient (Wildman–Crippen LogP) is 2.26. The molecule has 0 aliphatic rings. The molecule has 0 aromatic rings. The van der Waals surface area contributed by atoms with Gasteiger partial charge in [0.15, 0.2) is 0 Å². The van der Waals surface area contributed by atoms with Crippen molar-refractivity contribution in [3.63, 3.8) is 0 Å². The summed E-state index contributed by atoms with van der Waals surface area (Å²) in [5.74, 6) is -0.607. The molecule has 0 bridgehead atoms. The van der Waals surface area contributed by atoms with Gasteiger partial charge in [-0.1, -0.05) is 34.6 Å². The maximum atomic E-state index is 11.4. The van der Waals surface area contributed by atoms with E-state index < -0.39 is 11.9 Å². The highest BCUT2D eigenvalue weighted by Gasteiger charge is 2.20. The highest BCUT2D eigenvalue weighted by atomic mass is 16.6. The average Bonchev–Trinajstić information content (AvgIpc) is 2.10. The molecule has 2 N–H and O–H groups in total. The summed E-state index contributed by atoms with van der Waals surface area (Å²) in [6.07, 6.45) is 1.00. The van der Waals surface area contributed by atoms with Gasteiger partial charge in [0.1, 0.15) is 0 Å². The molecule has 0 aromatic carbocycles. The molecule has 0 aliphatic heterocycles. The molecule has 0 saturated carbocycles. The maximum Gasteiger partial charge on any atom is 0.313 e. The zero-order valence-electron chi connectivity index (χ0n) is 11.6.